The molecular formula is C23H29NO4S. The number of benzene rings is 1. The molecule has 156 valence electrons. The van der Waals surface area contributed by atoms with E-state index in [1.54, 1.807) is 11.0 Å². The number of thiophene rings is 1. The molecule has 1 fully saturated rings. The van der Waals surface area contributed by atoms with Crippen molar-refractivity contribution in [1.82, 2.24) is 0 Å². The van der Waals surface area contributed by atoms with E-state index >= 15 is 0 Å². The second-order valence-corrected chi connectivity index (χ2v) is 9.88. The first-order valence-electron chi connectivity index (χ1n) is 10.0. The van der Waals surface area contributed by atoms with Gasteiger partial charge in [-0.05, 0) is 55.7 Å². The Hall–Kier alpha value is -2.18. The monoisotopic (exact) mass is 415 g/mol. The van der Waals surface area contributed by atoms with Gasteiger partial charge >= 0.3 is 5.97 Å². The van der Waals surface area contributed by atoms with Crippen molar-refractivity contribution in [2.75, 3.05) is 4.90 Å². The molecule has 1 amide bonds. The average molecular weight is 416 g/mol. The molecule has 1 aromatic carbocycles. The number of nitrogens with zero attached hydrogens (tertiary/aromatic N) is 1. The molecule has 1 heterocycles. The summed E-state index contributed by atoms with van der Waals surface area (Å²) in [5.41, 5.74) is 1.70. The normalized spacial score (nSPS) is 19.8. The van der Waals surface area contributed by atoms with Crippen LogP contribution in [-0.2, 0) is 5.41 Å². The number of amides is 1. The number of carboxylic acid groups (broad SMARTS) is 1. The number of rotatable bonds is 4. The molecule has 5 nitrogen and oxygen atoms in total. The summed E-state index contributed by atoms with van der Waals surface area (Å²) < 4.78 is 0. The van der Waals surface area contributed by atoms with Crippen LogP contribution in [0.2, 0.25) is 0 Å². The summed E-state index contributed by atoms with van der Waals surface area (Å²) in [5, 5.41) is 19.8. The molecule has 1 aliphatic rings. The van der Waals surface area contributed by atoms with Crippen molar-refractivity contribution in [3.63, 3.8) is 0 Å². The Morgan fingerprint density at radius 2 is 1.72 bits per heavy atom. The fraction of sp³-hybridized carbons (Fsp3) is 0.478. The Labute approximate surface area is 176 Å². The fourth-order valence-electron chi connectivity index (χ4n) is 3.81. The SMILES string of the molecule is Cc1ccccc1C(=O)N(c1cc(C(C)(C)C)sc1C(=O)O)C1CCC(O)CC1. The minimum Gasteiger partial charge on any atom is -0.477 e. The van der Waals surface area contributed by atoms with Gasteiger partial charge in [0.1, 0.15) is 4.88 Å². The zero-order valence-electron chi connectivity index (χ0n) is 17.4. The number of carbonyl (C=O) groups is 2. The highest BCUT2D eigenvalue weighted by atomic mass is 32.1. The Kier molecular flexibility index (Phi) is 6.15. The smallest absolute Gasteiger partial charge is 0.348 e. The standard InChI is InChI=1S/C23H29NO4S/c1-14-7-5-6-8-17(14)21(26)24(15-9-11-16(25)12-10-15)18-13-19(23(2,3)4)29-20(18)22(27)28/h5-8,13,15-16,25H,9-12H2,1-4H3,(H,27,28). The predicted molar refractivity (Wildman–Crippen MR) is 116 cm³/mol. The van der Waals surface area contributed by atoms with Gasteiger partial charge in [0, 0.05) is 16.5 Å². The molecule has 0 atom stereocenters. The quantitative estimate of drug-likeness (QED) is 0.736. The van der Waals surface area contributed by atoms with Crippen LogP contribution >= 0.6 is 11.3 Å². The highest BCUT2D eigenvalue weighted by molar-refractivity contribution is 7.14. The van der Waals surface area contributed by atoms with E-state index in [0.29, 0.717) is 36.9 Å². The molecular weight excluding hydrogens is 386 g/mol. The van der Waals surface area contributed by atoms with E-state index in [-0.39, 0.29) is 28.3 Å². The lowest BCUT2D eigenvalue weighted by molar-refractivity contribution is 0.0702. The number of hydrogen-bond acceptors (Lipinski definition) is 4. The van der Waals surface area contributed by atoms with E-state index in [1.807, 2.05) is 52.0 Å². The number of aryl methyl sites for hydroxylation is 1. The molecule has 0 spiro atoms. The van der Waals surface area contributed by atoms with Gasteiger partial charge < -0.3 is 15.1 Å². The zero-order chi connectivity index (χ0) is 21.3. The van der Waals surface area contributed by atoms with Gasteiger partial charge in [0.05, 0.1) is 11.8 Å². The molecule has 1 saturated carbocycles. The van der Waals surface area contributed by atoms with Crippen molar-refractivity contribution < 1.29 is 19.8 Å². The van der Waals surface area contributed by atoms with Gasteiger partial charge in [0.25, 0.3) is 5.91 Å². The Morgan fingerprint density at radius 1 is 1.10 bits per heavy atom. The summed E-state index contributed by atoms with van der Waals surface area (Å²) in [4.78, 5) is 28.5. The number of carboxylic acids is 1. The molecule has 0 bridgehead atoms. The molecule has 1 aliphatic carbocycles. The fourth-order valence-corrected chi connectivity index (χ4v) is 4.86. The number of carbonyl (C=O) groups excluding carboxylic acids is 1. The maximum absolute atomic E-state index is 13.7. The van der Waals surface area contributed by atoms with Gasteiger partial charge in [0.15, 0.2) is 0 Å². The predicted octanol–water partition coefficient (Wildman–Crippen LogP) is 5.00. The van der Waals surface area contributed by atoms with Crippen LogP contribution in [0.4, 0.5) is 5.69 Å². The Balaban J connectivity index is 2.13. The first-order chi connectivity index (χ1) is 13.6. The lowest BCUT2D eigenvalue weighted by Gasteiger charge is -2.36. The number of aromatic carboxylic acids is 1. The van der Waals surface area contributed by atoms with E-state index < -0.39 is 5.97 Å². The topological polar surface area (TPSA) is 77.8 Å². The molecule has 29 heavy (non-hydrogen) atoms. The largest absolute Gasteiger partial charge is 0.477 e. The lowest BCUT2D eigenvalue weighted by Crippen LogP contribution is -2.44. The summed E-state index contributed by atoms with van der Waals surface area (Å²) >= 11 is 1.24. The van der Waals surface area contributed by atoms with Crippen LogP contribution in [0.3, 0.4) is 0 Å². The minimum atomic E-state index is -1.01. The van der Waals surface area contributed by atoms with Crippen molar-refractivity contribution in [3.8, 4) is 0 Å². The van der Waals surface area contributed by atoms with Gasteiger partial charge in [-0.25, -0.2) is 4.79 Å². The Bertz CT molecular complexity index is 904. The van der Waals surface area contributed by atoms with Crippen LogP contribution in [0.15, 0.2) is 30.3 Å². The second kappa shape index (κ2) is 8.28. The lowest BCUT2D eigenvalue weighted by atomic mass is 9.90. The van der Waals surface area contributed by atoms with Gasteiger partial charge in [-0.2, -0.15) is 0 Å². The Morgan fingerprint density at radius 3 is 2.28 bits per heavy atom. The number of hydrogen-bond donors (Lipinski definition) is 2. The summed E-state index contributed by atoms with van der Waals surface area (Å²) in [6.07, 6.45) is 2.17. The van der Waals surface area contributed by atoms with Crippen molar-refractivity contribution in [2.24, 2.45) is 0 Å². The molecule has 0 saturated heterocycles. The summed E-state index contributed by atoms with van der Waals surface area (Å²) in [7, 11) is 0. The third-order valence-corrected chi connectivity index (χ3v) is 7.07. The summed E-state index contributed by atoms with van der Waals surface area (Å²) in [5.74, 6) is -1.19. The third-order valence-electron chi connectivity index (χ3n) is 5.53. The highest BCUT2D eigenvalue weighted by Gasteiger charge is 2.35. The second-order valence-electron chi connectivity index (χ2n) is 8.83. The number of aliphatic hydroxyl groups excluding tert-OH is 1. The van der Waals surface area contributed by atoms with Crippen LogP contribution in [0.1, 0.15) is 76.9 Å². The van der Waals surface area contributed by atoms with Crippen LogP contribution in [0.25, 0.3) is 0 Å². The van der Waals surface area contributed by atoms with Crippen LogP contribution < -0.4 is 4.90 Å². The maximum atomic E-state index is 13.7. The van der Waals surface area contributed by atoms with E-state index in [0.717, 1.165) is 10.4 Å². The van der Waals surface area contributed by atoms with Crippen LogP contribution in [0, 0.1) is 6.92 Å². The van der Waals surface area contributed by atoms with Gasteiger partial charge in [0.2, 0.25) is 0 Å². The van der Waals surface area contributed by atoms with Crippen molar-refractivity contribution in [1.29, 1.82) is 0 Å². The number of aliphatic hydroxyl groups is 1. The van der Waals surface area contributed by atoms with Crippen molar-refractivity contribution >= 4 is 28.9 Å². The van der Waals surface area contributed by atoms with Gasteiger partial charge in [-0.1, -0.05) is 39.0 Å². The first-order valence-corrected chi connectivity index (χ1v) is 10.9. The molecule has 1 aromatic heterocycles. The van der Waals surface area contributed by atoms with E-state index in [9.17, 15) is 19.8 Å². The molecule has 2 N–H and O–H groups in total. The van der Waals surface area contributed by atoms with Crippen LogP contribution in [-0.4, -0.2) is 34.2 Å². The number of anilines is 1. The zero-order valence-corrected chi connectivity index (χ0v) is 18.3. The molecule has 0 radical (unpaired) electrons. The van der Waals surface area contributed by atoms with Crippen molar-refractivity contribution in [2.45, 2.75) is 70.9 Å². The molecule has 0 unspecified atom stereocenters. The van der Waals surface area contributed by atoms with Gasteiger partial charge in [-0.15, -0.1) is 11.3 Å². The summed E-state index contributed by atoms with van der Waals surface area (Å²) in [6.45, 7) is 8.01. The maximum Gasteiger partial charge on any atom is 0.348 e. The minimum absolute atomic E-state index is 0.133. The van der Waals surface area contributed by atoms with Crippen LogP contribution in [0.5, 0.6) is 0 Å². The molecule has 2 aromatic rings. The molecule has 6 heteroatoms. The van der Waals surface area contributed by atoms with Gasteiger partial charge in [-0.3, -0.25) is 4.79 Å². The molecule has 3 rings (SSSR count). The van der Waals surface area contributed by atoms with E-state index in [1.165, 1.54) is 11.3 Å². The third kappa shape index (κ3) is 4.54. The van der Waals surface area contributed by atoms with E-state index in [4.69, 9.17) is 0 Å². The van der Waals surface area contributed by atoms with E-state index in [2.05, 4.69) is 0 Å². The average Bonchev–Trinajstić information content (AvgIpc) is 3.09. The summed E-state index contributed by atoms with van der Waals surface area (Å²) in [6, 6.07) is 9.14. The first kappa shape index (κ1) is 21.5. The van der Waals surface area contributed by atoms with Crippen molar-refractivity contribution in [3.05, 3.63) is 51.2 Å². The molecule has 0 aliphatic heterocycles. The highest BCUT2D eigenvalue weighted by Crippen LogP contribution is 2.40.